The van der Waals surface area contributed by atoms with Crippen molar-refractivity contribution in [2.24, 2.45) is 0 Å². The van der Waals surface area contributed by atoms with Crippen molar-refractivity contribution in [3.8, 4) is 0 Å². The summed E-state index contributed by atoms with van der Waals surface area (Å²) in [5.41, 5.74) is 3.72. The van der Waals surface area contributed by atoms with Gasteiger partial charge in [0.2, 0.25) is 5.91 Å². The number of carbonyl (C=O) groups is 1. The minimum Gasteiger partial charge on any atom is -0.383 e. The maximum atomic E-state index is 11.9. The van der Waals surface area contributed by atoms with Gasteiger partial charge in [0, 0.05) is 27.2 Å². The lowest BCUT2D eigenvalue weighted by Gasteiger charge is -2.29. The van der Waals surface area contributed by atoms with Crippen LogP contribution in [-0.2, 0) is 11.2 Å². The Balaban J connectivity index is 2.25. The molecule has 4 heteroatoms. The second-order valence-electron chi connectivity index (χ2n) is 5.14. The Labute approximate surface area is 115 Å². The molecule has 0 aliphatic carbocycles. The van der Waals surface area contributed by atoms with Crippen LogP contribution in [0.3, 0.4) is 0 Å². The highest BCUT2D eigenvalue weighted by molar-refractivity contribution is 5.84. The zero-order chi connectivity index (χ0) is 13.8. The van der Waals surface area contributed by atoms with Crippen molar-refractivity contribution in [3.63, 3.8) is 0 Å². The smallest absolute Gasteiger partial charge is 0.241 e. The molecule has 1 amide bonds. The summed E-state index contributed by atoms with van der Waals surface area (Å²) in [5, 5.41) is 3.48. The largest absolute Gasteiger partial charge is 0.383 e. The molecule has 0 aromatic heterocycles. The number of likely N-dealkylation sites (N-methyl/N-ethyl adjacent to an activating group) is 2. The molecule has 0 unspecified atom stereocenters. The molecule has 2 rings (SSSR count). The first-order valence-electron chi connectivity index (χ1n) is 6.94. The van der Waals surface area contributed by atoms with E-state index in [2.05, 4.69) is 35.3 Å². The molecule has 1 aromatic carbocycles. The fraction of sp³-hybridized carbons (Fsp3) is 0.533. The number of hydrogen-bond acceptors (Lipinski definition) is 3. The number of nitrogens with one attached hydrogen (secondary N) is 1. The molecule has 1 aliphatic rings. The van der Waals surface area contributed by atoms with E-state index in [1.165, 1.54) is 17.7 Å². The van der Waals surface area contributed by atoms with E-state index in [-0.39, 0.29) is 5.91 Å². The summed E-state index contributed by atoms with van der Waals surface area (Å²) in [6.45, 7) is 4.37. The minimum absolute atomic E-state index is 0.135. The van der Waals surface area contributed by atoms with Gasteiger partial charge < -0.3 is 15.1 Å². The van der Waals surface area contributed by atoms with E-state index in [9.17, 15) is 4.79 Å². The zero-order valence-electron chi connectivity index (χ0n) is 12.1. The second kappa shape index (κ2) is 5.95. The van der Waals surface area contributed by atoms with E-state index in [0.29, 0.717) is 6.54 Å². The van der Waals surface area contributed by atoms with E-state index in [0.717, 1.165) is 25.2 Å². The first-order chi connectivity index (χ1) is 9.13. The van der Waals surface area contributed by atoms with E-state index in [1.54, 1.807) is 19.0 Å². The molecule has 0 fully saturated rings. The standard InChI is InChI=1S/C15H23N3O/c1-4-18(11-14(19)17(2)3)13-9-5-7-12-8-6-10-16-15(12)13/h5,7,9,16H,4,6,8,10-11H2,1-3H3. The molecule has 1 heterocycles. The molecule has 0 radical (unpaired) electrons. The molecule has 0 atom stereocenters. The predicted molar refractivity (Wildman–Crippen MR) is 79.8 cm³/mol. The summed E-state index contributed by atoms with van der Waals surface area (Å²) in [6, 6.07) is 6.36. The first kappa shape index (κ1) is 13.7. The van der Waals surface area contributed by atoms with Gasteiger partial charge >= 0.3 is 0 Å². The summed E-state index contributed by atoms with van der Waals surface area (Å²) in [7, 11) is 3.60. The fourth-order valence-electron chi connectivity index (χ4n) is 2.43. The number of amides is 1. The van der Waals surface area contributed by atoms with Gasteiger partial charge in [-0.3, -0.25) is 4.79 Å². The van der Waals surface area contributed by atoms with Crippen molar-refractivity contribution < 1.29 is 4.79 Å². The number of nitrogens with zero attached hydrogens (tertiary/aromatic N) is 2. The molecule has 1 aromatic rings. The summed E-state index contributed by atoms with van der Waals surface area (Å²) < 4.78 is 0. The lowest BCUT2D eigenvalue weighted by Crippen LogP contribution is -2.37. The van der Waals surface area contributed by atoms with Gasteiger partial charge in [-0.05, 0) is 31.4 Å². The lowest BCUT2D eigenvalue weighted by molar-refractivity contribution is -0.127. The van der Waals surface area contributed by atoms with Gasteiger partial charge in [-0.25, -0.2) is 0 Å². The van der Waals surface area contributed by atoms with E-state index in [1.807, 2.05) is 0 Å². The number of hydrogen-bond donors (Lipinski definition) is 1. The Morgan fingerprint density at radius 1 is 1.37 bits per heavy atom. The average Bonchev–Trinajstić information content (AvgIpc) is 2.44. The van der Waals surface area contributed by atoms with E-state index < -0.39 is 0 Å². The summed E-state index contributed by atoms with van der Waals surface area (Å²) in [6.07, 6.45) is 2.30. The van der Waals surface area contributed by atoms with Crippen LogP contribution in [0.4, 0.5) is 11.4 Å². The maximum Gasteiger partial charge on any atom is 0.241 e. The lowest BCUT2D eigenvalue weighted by atomic mass is 10.0. The monoisotopic (exact) mass is 261 g/mol. The summed E-state index contributed by atoms with van der Waals surface area (Å²) in [4.78, 5) is 15.7. The number of aryl methyl sites for hydroxylation is 1. The van der Waals surface area contributed by atoms with Crippen LogP contribution in [0.2, 0.25) is 0 Å². The van der Waals surface area contributed by atoms with Crippen LogP contribution in [-0.4, -0.2) is 44.5 Å². The average molecular weight is 261 g/mol. The fourth-order valence-corrected chi connectivity index (χ4v) is 2.43. The molecule has 1 N–H and O–H groups in total. The third kappa shape index (κ3) is 3.00. The van der Waals surface area contributed by atoms with Crippen LogP contribution >= 0.6 is 0 Å². The maximum absolute atomic E-state index is 11.9. The number of para-hydroxylation sites is 1. The van der Waals surface area contributed by atoms with Crippen molar-refractivity contribution in [2.45, 2.75) is 19.8 Å². The van der Waals surface area contributed by atoms with Crippen molar-refractivity contribution in [1.82, 2.24) is 4.90 Å². The van der Waals surface area contributed by atoms with Crippen molar-refractivity contribution in [3.05, 3.63) is 23.8 Å². The number of fused-ring (bicyclic) bond motifs is 1. The van der Waals surface area contributed by atoms with Crippen molar-refractivity contribution in [2.75, 3.05) is 43.9 Å². The topological polar surface area (TPSA) is 35.6 Å². The molecule has 4 nitrogen and oxygen atoms in total. The predicted octanol–water partition coefficient (Wildman–Crippen LogP) is 1.96. The van der Waals surface area contributed by atoms with Crippen LogP contribution in [0.1, 0.15) is 18.9 Å². The Hall–Kier alpha value is -1.71. The molecule has 104 valence electrons. The first-order valence-corrected chi connectivity index (χ1v) is 6.94. The molecule has 0 bridgehead atoms. The van der Waals surface area contributed by atoms with Gasteiger partial charge in [-0.15, -0.1) is 0 Å². The molecule has 0 saturated carbocycles. The summed E-state index contributed by atoms with van der Waals surface area (Å²) >= 11 is 0. The van der Waals surface area contributed by atoms with Crippen LogP contribution < -0.4 is 10.2 Å². The Morgan fingerprint density at radius 2 is 2.16 bits per heavy atom. The van der Waals surface area contributed by atoms with Crippen LogP contribution in [0.15, 0.2) is 18.2 Å². The number of carbonyl (C=O) groups excluding carboxylic acids is 1. The Morgan fingerprint density at radius 3 is 2.84 bits per heavy atom. The van der Waals surface area contributed by atoms with Crippen LogP contribution in [0.5, 0.6) is 0 Å². The molecule has 1 aliphatic heterocycles. The Bertz CT molecular complexity index is 457. The Kier molecular flexibility index (Phi) is 4.30. The van der Waals surface area contributed by atoms with Gasteiger partial charge in [0.25, 0.3) is 0 Å². The quantitative estimate of drug-likeness (QED) is 0.900. The zero-order valence-corrected chi connectivity index (χ0v) is 12.1. The van der Waals surface area contributed by atoms with Crippen molar-refractivity contribution >= 4 is 17.3 Å². The molecular weight excluding hydrogens is 238 g/mol. The van der Waals surface area contributed by atoms with Gasteiger partial charge in [-0.1, -0.05) is 12.1 Å². The highest BCUT2D eigenvalue weighted by atomic mass is 16.2. The van der Waals surface area contributed by atoms with E-state index in [4.69, 9.17) is 0 Å². The highest BCUT2D eigenvalue weighted by Gasteiger charge is 2.18. The van der Waals surface area contributed by atoms with E-state index >= 15 is 0 Å². The molecule has 0 saturated heterocycles. The molecular formula is C15H23N3O. The molecule has 0 spiro atoms. The van der Waals surface area contributed by atoms with Gasteiger partial charge in [0.1, 0.15) is 0 Å². The number of anilines is 2. The highest BCUT2D eigenvalue weighted by Crippen LogP contribution is 2.32. The van der Waals surface area contributed by atoms with Gasteiger partial charge in [0.15, 0.2) is 0 Å². The van der Waals surface area contributed by atoms with Gasteiger partial charge in [0.05, 0.1) is 17.9 Å². The summed E-state index contributed by atoms with van der Waals surface area (Å²) in [5.74, 6) is 0.135. The van der Waals surface area contributed by atoms with Gasteiger partial charge in [-0.2, -0.15) is 0 Å². The SMILES string of the molecule is CCN(CC(=O)N(C)C)c1cccc2c1NCCC2. The van der Waals surface area contributed by atoms with Crippen LogP contribution in [0, 0.1) is 0 Å². The molecule has 19 heavy (non-hydrogen) atoms. The third-order valence-electron chi connectivity index (χ3n) is 3.60. The van der Waals surface area contributed by atoms with Crippen LogP contribution in [0.25, 0.3) is 0 Å². The normalized spacial score (nSPS) is 13.4. The second-order valence-corrected chi connectivity index (χ2v) is 5.14. The minimum atomic E-state index is 0.135. The number of rotatable bonds is 4. The third-order valence-corrected chi connectivity index (χ3v) is 3.60. The van der Waals surface area contributed by atoms with Crippen molar-refractivity contribution in [1.29, 1.82) is 0 Å². The number of benzene rings is 1.